The van der Waals surface area contributed by atoms with Gasteiger partial charge in [-0.1, -0.05) is 11.6 Å². The van der Waals surface area contributed by atoms with Crippen LogP contribution in [-0.2, 0) is 9.09 Å². The Hall–Kier alpha value is -1.28. The average Bonchev–Trinajstić information content (AvgIpc) is 2.98. The Balaban J connectivity index is 0.00000280. The van der Waals surface area contributed by atoms with Gasteiger partial charge in [0.2, 0.25) is 5.79 Å². The lowest BCUT2D eigenvalue weighted by molar-refractivity contribution is -0.336. The summed E-state index contributed by atoms with van der Waals surface area (Å²) >= 11 is 5.86. The van der Waals surface area contributed by atoms with Crippen LogP contribution in [0.3, 0.4) is 0 Å². The summed E-state index contributed by atoms with van der Waals surface area (Å²) in [6, 6.07) is 4.56. The van der Waals surface area contributed by atoms with Crippen LogP contribution in [0.1, 0.15) is 0 Å². The molecule has 1 aliphatic rings. The zero-order valence-electron chi connectivity index (χ0n) is 14.1. The smallest absolute Gasteiger partial charge is 0.402 e. The molecule has 1 heterocycles. The lowest BCUT2D eigenvalue weighted by Gasteiger charge is -2.46. The third kappa shape index (κ3) is 3.90. The highest BCUT2D eigenvalue weighted by Gasteiger charge is 2.61. The first-order valence-electron chi connectivity index (χ1n) is 7.59. The molecule has 11 N–H and O–H groups in total. The number of fused-ring (bicyclic) bond motifs is 1. The Morgan fingerprint density at radius 3 is 2.21 bits per heavy atom. The lowest BCUT2D eigenvalue weighted by Crippen LogP contribution is -2.71. The Morgan fingerprint density at radius 1 is 1.07 bits per heavy atom. The van der Waals surface area contributed by atoms with Crippen LogP contribution in [0.5, 0.6) is 5.75 Å². The van der Waals surface area contributed by atoms with Crippen molar-refractivity contribution in [1.29, 1.82) is 0 Å². The van der Waals surface area contributed by atoms with Gasteiger partial charge in [0, 0.05) is 22.1 Å². The maximum absolute atomic E-state index is 12.3. The van der Waals surface area contributed by atoms with E-state index in [1.54, 1.807) is 12.1 Å². The zero-order chi connectivity index (χ0) is 20.1. The summed E-state index contributed by atoms with van der Waals surface area (Å²) in [4.78, 5) is 12.7. The summed E-state index contributed by atoms with van der Waals surface area (Å²) in [6.45, 7) is 0. The highest BCUT2D eigenvalue weighted by Crippen LogP contribution is 2.51. The Kier molecular flexibility index (Phi) is 6.46. The molecule has 1 fully saturated rings. The van der Waals surface area contributed by atoms with Crippen molar-refractivity contribution in [2.24, 2.45) is 0 Å². The van der Waals surface area contributed by atoms with E-state index in [-0.39, 0.29) is 11.9 Å². The quantitative estimate of drug-likeness (QED) is 0.205. The predicted octanol–water partition coefficient (Wildman–Crippen LogP) is -1.01. The number of phosphoric ester groups is 1. The van der Waals surface area contributed by atoms with Crippen molar-refractivity contribution >= 4 is 30.3 Å². The summed E-state index contributed by atoms with van der Waals surface area (Å²) in [6.07, 6.45) is -10.1. The van der Waals surface area contributed by atoms with E-state index >= 15 is 0 Å². The SMILES string of the molecule is N.O=P(O)(Oc1c[nH]c2ccc(Cl)cc12)OC1(O)[C@H](O)[C@H](O)C(O)[C@H](O)[C@H]1O. The van der Waals surface area contributed by atoms with E-state index < -0.39 is 44.1 Å². The Morgan fingerprint density at radius 2 is 1.64 bits per heavy atom. The number of aliphatic hydroxyl groups is 6. The molecule has 0 amide bonds. The molecule has 1 saturated carbocycles. The molecule has 0 aliphatic heterocycles. The molecule has 0 spiro atoms. The van der Waals surface area contributed by atoms with Crippen LogP contribution in [0.4, 0.5) is 0 Å². The molecule has 1 aromatic heterocycles. The van der Waals surface area contributed by atoms with Gasteiger partial charge in [0.15, 0.2) is 5.75 Å². The highest BCUT2D eigenvalue weighted by atomic mass is 35.5. The van der Waals surface area contributed by atoms with E-state index in [1.165, 1.54) is 12.3 Å². The number of phosphoric acid groups is 1. The molecule has 0 bridgehead atoms. The number of aliphatic hydroxyl groups excluding tert-OH is 5. The second kappa shape index (κ2) is 7.86. The van der Waals surface area contributed by atoms with E-state index in [1.807, 2.05) is 0 Å². The third-order valence-corrected chi connectivity index (χ3v) is 5.46. The number of hydrogen-bond acceptors (Lipinski definition) is 10. The number of H-pyrrole nitrogens is 1. The number of hydrogen-bond donors (Lipinski definition) is 9. The van der Waals surface area contributed by atoms with Crippen molar-refractivity contribution in [3.8, 4) is 5.75 Å². The molecule has 1 aromatic carbocycles. The molecule has 158 valence electrons. The summed E-state index contributed by atoms with van der Waals surface area (Å²) < 4.78 is 21.7. The number of rotatable bonds is 4. The highest BCUT2D eigenvalue weighted by molar-refractivity contribution is 7.47. The maximum atomic E-state index is 12.3. The van der Waals surface area contributed by atoms with E-state index in [2.05, 4.69) is 9.51 Å². The largest absolute Gasteiger partial charge is 0.530 e. The van der Waals surface area contributed by atoms with Gasteiger partial charge in [-0.05, 0) is 18.2 Å². The van der Waals surface area contributed by atoms with Crippen LogP contribution in [0.25, 0.3) is 10.9 Å². The first kappa shape index (κ1) is 23.0. The van der Waals surface area contributed by atoms with E-state index in [0.717, 1.165) is 0 Å². The van der Waals surface area contributed by atoms with Crippen LogP contribution in [0.2, 0.25) is 5.02 Å². The monoisotopic (exact) mass is 442 g/mol. The van der Waals surface area contributed by atoms with Crippen molar-refractivity contribution in [3.63, 3.8) is 0 Å². The van der Waals surface area contributed by atoms with Crippen molar-refractivity contribution in [2.45, 2.75) is 36.3 Å². The average molecular weight is 443 g/mol. The van der Waals surface area contributed by atoms with Gasteiger partial charge in [0.25, 0.3) is 0 Å². The van der Waals surface area contributed by atoms with Gasteiger partial charge in [0.1, 0.15) is 30.5 Å². The molecular weight excluding hydrogens is 423 g/mol. The summed E-state index contributed by atoms with van der Waals surface area (Å²) in [7, 11) is -5.22. The molecule has 7 atom stereocenters. The summed E-state index contributed by atoms with van der Waals surface area (Å²) in [5, 5.41) is 59.5. The minimum atomic E-state index is -5.22. The second-order valence-corrected chi connectivity index (χ2v) is 7.85. The molecule has 3 rings (SSSR count). The molecule has 2 aromatic rings. The molecule has 3 unspecified atom stereocenters. The fraction of sp³-hybridized carbons (Fsp3) is 0.429. The fourth-order valence-electron chi connectivity index (χ4n) is 2.82. The number of aromatic amines is 1. The standard InChI is InChI=1S/C14H17ClNO10P.H3N/c15-5-1-2-7-6(3-5)8(4-16-7)25-27(23,24)26-14(22)12(20)10(18)9(17)11(19)13(14)21;/h1-4,9-13,16-22H,(H,23,24);1H3/t9?,10-,11+,12-,13-,14?;/m1./s1. The van der Waals surface area contributed by atoms with Gasteiger partial charge in [0.05, 0.1) is 0 Å². The molecule has 28 heavy (non-hydrogen) atoms. The van der Waals surface area contributed by atoms with Crippen molar-refractivity contribution in [1.82, 2.24) is 11.1 Å². The molecule has 0 saturated heterocycles. The first-order chi connectivity index (χ1) is 12.5. The van der Waals surface area contributed by atoms with Gasteiger partial charge in [-0.15, -0.1) is 0 Å². The first-order valence-corrected chi connectivity index (χ1v) is 9.46. The van der Waals surface area contributed by atoms with E-state index in [9.17, 15) is 40.1 Å². The fourth-order valence-corrected chi connectivity index (χ4v) is 4.01. The Labute approximate surface area is 162 Å². The van der Waals surface area contributed by atoms with Crippen LogP contribution >= 0.6 is 19.4 Å². The number of aromatic nitrogens is 1. The molecule has 0 radical (unpaired) electrons. The number of nitrogens with one attached hydrogen (secondary N) is 1. The van der Waals surface area contributed by atoms with E-state index in [4.69, 9.17) is 16.1 Å². The van der Waals surface area contributed by atoms with Gasteiger partial charge >= 0.3 is 7.82 Å². The van der Waals surface area contributed by atoms with Gasteiger partial charge in [-0.3, -0.25) is 4.89 Å². The van der Waals surface area contributed by atoms with Gasteiger partial charge < -0.3 is 46.3 Å². The van der Waals surface area contributed by atoms with Crippen LogP contribution in [0.15, 0.2) is 24.4 Å². The van der Waals surface area contributed by atoms with Crippen molar-refractivity contribution in [3.05, 3.63) is 29.4 Å². The summed E-state index contributed by atoms with van der Waals surface area (Å²) in [5.41, 5.74) is 0.500. The third-order valence-electron chi connectivity index (χ3n) is 4.28. The molecule has 12 nitrogen and oxygen atoms in total. The molecular formula is C14H20ClN2O10P. The molecule has 14 heteroatoms. The lowest BCUT2D eigenvalue weighted by atomic mass is 9.82. The topological polar surface area (TPSA) is 228 Å². The van der Waals surface area contributed by atoms with E-state index in [0.29, 0.717) is 15.9 Å². The van der Waals surface area contributed by atoms with Crippen LogP contribution < -0.4 is 10.7 Å². The van der Waals surface area contributed by atoms with Gasteiger partial charge in [-0.25, -0.2) is 9.09 Å². The van der Waals surface area contributed by atoms with Crippen molar-refractivity contribution < 1.29 is 49.1 Å². The van der Waals surface area contributed by atoms with Crippen LogP contribution in [0, 0.1) is 0 Å². The summed E-state index contributed by atoms with van der Waals surface area (Å²) in [5.74, 6) is -3.51. The van der Waals surface area contributed by atoms with Gasteiger partial charge in [-0.2, -0.15) is 0 Å². The number of benzene rings is 1. The Bertz CT molecular complexity index is 878. The predicted molar refractivity (Wildman–Crippen MR) is 94.9 cm³/mol. The minimum absolute atomic E-state index is 0. The number of halogens is 1. The zero-order valence-corrected chi connectivity index (χ0v) is 15.7. The second-order valence-electron chi connectivity index (χ2n) is 6.11. The normalized spacial score (nSPS) is 35.2. The molecule has 1 aliphatic carbocycles. The minimum Gasteiger partial charge on any atom is -0.402 e. The maximum Gasteiger partial charge on any atom is 0.530 e. The van der Waals surface area contributed by atoms with Crippen LogP contribution in [-0.4, -0.2) is 76.8 Å². The van der Waals surface area contributed by atoms with Crippen molar-refractivity contribution in [2.75, 3.05) is 0 Å².